The first kappa shape index (κ1) is 24.3. The van der Waals surface area contributed by atoms with Crippen molar-refractivity contribution in [2.45, 2.75) is 16.1 Å². The van der Waals surface area contributed by atoms with Gasteiger partial charge in [-0.25, -0.2) is 9.97 Å². The quantitative estimate of drug-likeness (QED) is 0.191. The van der Waals surface area contributed by atoms with Gasteiger partial charge in [-0.1, -0.05) is 127 Å². The summed E-state index contributed by atoms with van der Waals surface area (Å²) in [6.07, 6.45) is 9.13. The molecular weight excluding hydrogens is 555 g/mol. The summed E-state index contributed by atoms with van der Waals surface area (Å²) in [4.78, 5) is 12.2. The highest BCUT2D eigenvalue weighted by atomic mass is 32.2. The highest BCUT2D eigenvalue weighted by molar-refractivity contribution is 8.00. The molecule has 0 saturated heterocycles. The van der Waals surface area contributed by atoms with E-state index in [1.54, 1.807) is 0 Å². The maximum absolute atomic E-state index is 5.44. The highest BCUT2D eigenvalue weighted by Gasteiger charge is 2.36. The van der Waals surface area contributed by atoms with E-state index in [-0.39, 0.29) is 0 Å². The number of fused-ring (bicyclic) bond motifs is 13. The maximum Gasteiger partial charge on any atom is 0.235 e. The summed E-state index contributed by atoms with van der Waals surface area (Å²) < 4.78 is 2.35. The first-order valence-corrected chi connectivity index (χ1v) is 16.0. The van der Waals surface area contributed by atoms with Gasteiger partial charge in [-0.2, -0.15) is 0 Å². The Balaban J connectivity index is 1.41. The van der Waals surface area contributed by atoms with Crippen molar-refractivity contribution in [3.05, 3.63) is 145 Å². The predicted octanol–water partition coefficient (Wildman–Crippen LogP) is 10.4. The van der Waals surface area contributed by atoms with Crippen molar-refractivity contribution in [2.75, 3.05) is 0 Å². The number of rotatable bonds is 2. The SMILES string of the molecule is C1=CC2Sc3c(c4ccccc4c4c5ccccc5n(-c5nc(-c6ccccc6)c6ccc7ccccc7c6n5)c34)C2C=C1. The second kappa shape index (κ2) is 9.15. The molecule has 0 amide bonds. The fourth-order valence-corrected chi connectivity index (χ4v) is 8.93. The third-order valence-corrected chi connectivity index (χ3v) is 10.7. The van der Waals surface area contributed by atoms with Gasteiger partial charge in [0.25, 0.3) is 0 Å². The summed E-state index contributed by atoms with van der Waals surface area (Å²) in [6.45, 7) is 0. The third kappa shape index (κ3) is 3.29. The van der Waals surface area contributed by atoms with Crippen LogP contribution in [0.2, 0.25) is 0 Å². The zero-order valence-corrected chi connectivity index (χ0v) is 24.5. The lowest BCUT2D eigenvalue weighted by molar-refractivity contribution is 0.890. The van der Waals surface area contributed by atoms with E-state index in [4.69, 9.17) is 9.97 Å². The average Bonchev–Trinajstić information content (AvgIpc) is 3.65. The number of hydrogen-bond acceptors (Lipinski definition) is 3. The molecule has 2 unspecified atom stereocenters. The van der Waals surface area contributed by atoms with E-state index in [0.717, 1.165) is 33.1 Å². The normalized spacial score (nSPS) is 17.3. The van der Waals surface area contributed by atoms with Crippen LogP contribution in [-0.2, 0) is 0 Å². The molecule has 0 N–H and O–H groups in total. The Hall–Kier alpha value is -5.19. The number of aromatic nitrogens is 3. The summed E-state index contributed by atoms with van der Waals surface area (Å²) >= 11 is 1.98. The van der Waals surface area contributed by atoms with Crippen LogP contribution >= 0.6 is 11.8 Å². The van der Waals surface area contributed by atoms with Crippen molar-refractivity contribution >= 4 is 66.0 Å². The third-order valence-electron chi connectivity index (χ3n) is 9.32. The fourth-order valence-electron chi connectivity index (χ4n) is 7.44. The average molecular weight is 580 g/mol. The fraction of sp³-hybridized carbons (Fsp3) is 0.0500. The van der Waals surface area contributed by atoms with E-state index in [9.17, 15) is 0 Å². The Bertz CT molecular complexity index is 2540. The minimum absolute atomic E-state index is 0.335. The van der Waals surface area contributed by atoms with Crippen LogP contribution in [0.15, 0.2) is 144 Å². The lowest BCUT2D eigenvalue weighted by atomic mass is 9.87. The Morgan fingerprint density at radius 3 is 2.20 bits per heavy atom. The van der Waals surface area contributed by atoms with Crippen molar-refractivity contribution < 1.29 is 0 Å². The molecule has 3 nitrogen and oxygen atoms in total. The summed E-state index contributed by atoms with van der Waals surface area (Å²) in [6, 6.07) is 41.1. The topological polar surface area (TPSA) is 30.7 Å². The molecule has 8 aromatic rings. The first-order chi connectivity index (χ1) is 21.8. The van der Waals surface area contributed by atoms with Crippen LogP contribution in [0, 0.1) is 0 Å². The molecule has 1 aliphatic heterocycles. The van der Waals surface area contributed by atoms with E-state index in [2.05, 4.69) is 144 Å². The smallest absolute Gasteiger partial charge is 0.235 e. The van der Waals surface area contributed by atoms with Gasteiger partial charge < -0.3 is 0 Å². The van der Waals surface area contributed by atoms with Crippen LogP contribution in [0.5, 0.6) is 0 Å². The molecule has 3 heterocycles. The molecule has 0 saturated carbocycles. The zero-order chi connectivity index (χ0) is 28.8. The molecule has 1 aliphatic carbocycles. The van der Waals surface area contributed by atoms with Gasteiger partial charge in [0.2, 0.25) is 5.95 Å². The van der Waals surface area contributed by atoms with Gasteiger partial charge in [-0.05, 0) is 33.9 Å². The van der Waals surface area contributed by atoms with Crippen molar-refractivity contribution in [1.82, 2.24) is 14.5 Å². The van der Waals surface area contributed by atoms with Gasteiger partial charge in [0.15, 0.2) is 0 Å². The zero-order valence-electron chi connectivity index (χ0n) is 23.7. The van der Waals surface area contributed by atoms with Crippen LogP contribution in [0.4, 0.5) is 0 Å². The molecule has 206 valence electrons. The Labute approximate surface area is 258 Å². The molecule has 0 spiro atoms. The summed E-state index contributed by atoms with van der Waals surface area (Å²) in [5.74, 6) is 1.04. The van der Waals surface area contributed by atoms with Crippen molar-refractivity contribution in [1.29, 1.82) is 0 Å². The van der Waals surface area contributed by atoms with Crippen LogP contribution in [0.25, 0.3) is 71.5 Å². The van der Waals surface area contributed by atoms with E-state index in [1.807, 2.05) is 11.8 Å². The van der Waals surface area contributed by atoms with E-state index in [1.165, 1.54) is 42.9 Å². The summed E-state index contributed by atoms with van der Waals surface area (Å²) in [5, 5.41) is 8.88. The molecule has 44 heavy (non-hydrogen) atoms. The predicted molar refractivity (Wildman–Crippen MR) is 185 cm³/mol. The van der Waals surface area contributed by atoms with Crippen LogP contribution < -0.4 is 0 Å². The van der Waals surface area contributed by atoms with Crippen molar-refractivity contribution in [3.63, 3.8) is 0 Å². The summed E-state index contributed by atoms with van der Waals surface area (Å²) in [7, 11) is 0. The molecule has 0 bridgehead atoms. The van der Waals surface area contributed by atoms with Gasteiger partial charge >= 0.3 is 0 Å². The number of hydrogen-bond donors (Lipinski definition) is 0. The largest absolute Gasteiger partial charge is 0.277 e. The maximum atomic E-state index is 5.44. The lowest BCUT2D eigenvalue weighted by Gasteiger charge is -2.17. The molecule has 2 atom stereocenters. The van der Waals surface area contributed by atoms with Gasteiger partial charge in [0, 0.05) is 43.2 Å². The molecule has 4 heteroatoms. The minimum Gasteiger partial charge on any atom is -0.277 e. The van der Waals surface area contributed by atoms with Gasteiger partial charge in [-0.3, -0.25) is 4.57 Å². The standard InChI is InChI=1S/C40H25N3S/c1-2-13-25(14-3-1)36-31-23-22-24-12-4-5-15-26(24)37(31)42-40(41-36)43-32-20-10-8-18-29(32)34-27-16-6-7-17-28(27)35-30-19-9-11-21-33(30)44-39(35)38(34)43/h1-23,30,33H. The summed E-state index contributed by atoms with van der Waals surface area (Å²) in [5.41, 5.74) is 6.76. The van der Waals surface area contributed by atoms with Gasteiger partial charge in [0.05, 0.1) is 22.2 Å². The monoisotopic (exact) mass is 579 g/mol. The van der Waals surface area contributed by atoms with Gasteiger partial charge in [0.1, 0.15) is 0 Å². The Morgan fingerprint density at radius 2 is 1.32 bits per heavy atom. The Kier molecular flexibility index (Phi) is 5.05. The molecule has 10 rings (SSSR count). The van der Waals surface area contributed by atoms with Gasteiger partial charge in [-0.15, -0.1) is 11.8 Å². The van der Waals surface area contributed by atoms with Crippen LogP contribution in [0.1, 0.15) is 11.5 Å². The number of thioether (sulfide) groups is 1. The van der Waals surface area contributed by atoms with Crippen LogP contribution in [0.3, 0.4) is 0 Å². The molecule has 0 radical (unpaired) electrons. The molecule has 6 aromatic carbocycles. The van der Waals surface area contributed by atoms with Crippen LogP contribution in [-0.4, -0.2) is 19.8 Å². The van der Waals surface area contributed by atoms with E-state index >= 15 is 0 Å². The highest BCUT2D eigenvalue weighted by Crippen LogP contribution is 2.55. The molecular formula is C40H25N3S. The number of nitrogens with zero attached hydrogens (tertiary/aromatic N) is 3. The number of para-hydroxylation sites is 1. The number of allylic oxidation sites excluding steroid dienone is 3. The Morgan fingerprint density at radius 1 is 0.591 bits per heavy atom. The second-order valence-corrected chi connectivity index (χ2v) is 12.9. The minimum atomic E-state index is 0.335. The van der Waals surface area contributed by atoms with E-state index in [0.29, 0.717) is 17.1 Å². The van der Waals surface area contributed by atoms with E-state index < -0.39 is 0 Å². The molecule has 2 aliphatic rings. The first-order valence-electron chi connectivity index (χ1n) is 15.1. The molecule has 2 aromatic heterocycles. The van der Waals surface area contributed by atoms with Crippen molar-refractivity contribution in [2.24, 2.45) is 0 Å². The second-order valence-electron chi connectivity index (χ2n) is 11.7. The molecule has 0 fully saturated rings. The van der Waals surface area contributed by atoms with Crippen molar-refractivity contribution in [3.8, 4) is 17.2 Å². The lowest BCUT2D eigenvalue weighted by Crippen LogP contribution is -2.07. The number of benzene rings is 6.